The molecule has 0 aromatic heterocycles. The normalized spacial score (nSPS) is 13.9. The van der Waals surface area contributed by atoms with Gasteiger partial charge in [0.25, 0.3) is 0 Å². The van der Waals surface area contributed by atoms with Crippen molar-refractivity contribution in [1.82, 2.24) is 5.32 Å². The van der Waals surface area contributed by atoms with Crippen molar-refractivity contribution >= 4 is 17.7 Å². The molecule has 1 amide bonds. The Bertz CT molecular complexity index is 443. The van der Waals surface area contributed by atoms with E-state index in [2.05, 4.69) is 10.3 Å². The molecule has 1 N–H and O–H groups in total. The van der Waals surface area contributed by atoms with E-state index in [9.17, 15) is 9.59 Å². The lowest BCUT2D eigenvalue weighted by Crippen LogP contribution is -2.25. The summed E-state index contributed by atoms with van der Waals surface area (Å²) in [5, 5.41) is 2.95. The molecule has 88 valence electrons. The van der Waals surface area contributed by atoms with Gasteiger partial charge in [-0.05, 0) is 37.0 Å². The van der Waals surface area contributed by atoms with Gasteiger partial charge in [0.05, 0.1) is 5.69 Å². The van der Waals surface area contributed by atoms with Gasteiger partial charge in [-0.25, -0.2) is 4.79 Å². The molecule has 0 bridgehead atoms. The highest BCUT2D eigenvalue weighted by Crippen LogP contribution is 2.19. The first-order chi connectivity index (χ1) is 8.28. The van der Waals surface area contributed by atoms with Crippen LogP contribution in [0.3, 0.4) is 0 Å². The Morgan fingerprint density at radius 3 is 2.65 bits per heavy atom. The van der Waals surface area contributed by atoms with Crippen LogP contribution in [-0.2, 0) is 16.0 Å². The van der Waals surface area contributed by atoms with Crippen molar-refractivity contribution in [2.75, 3.05) is 0 Å². The van der Waals surface area contributed by atoms with Gasteiger partial charge >= 0.3 is 0 Å². The zero-order valence-corrected chi connectivity index (χ0v) is 9.48. The van der Waals surface area contributed by atoms with Crippen molar-refractivity contribution in [2.45, 2.75) is 31.7 Å². The van der Waals surface area contributed by atoms with Crippen molar-refractivity contribution in [1.29, 1.82) is 0 Å². The standard InChI is InChI=1S/C13H14N2O2/c16-9-14-11-4-1-10(2-5-11)3-8-13(17)15-12-6-7-12/h1-2,4-5,12H,3,6-8H2,(H,15,17). The maximum atomic E-state index is 11.5. The highest BCUT2D eigenvalue weighted by molar-refractivity contribution is 5.76. The molecule has 0 aliphatic heterocycles. The second-order valence-corrected chi connectivity index (χ2v) is 4.21. The van der Waals surface area contributed by atoms with E-state index >= 15 is 0 Å². The number of aliphatic imine (C=N–C) groups is 1. The van der Waals surface area contributed by atoms with Gasteiger partial charge in [-0.15, -0.1) is 0 Å². The number of nitrogens with zero attached hydrogens (tertiary/aromatic N) is 1. The smallest absolute Gasteiger partial charge is 0.240 e. The molecule has 0 unspecified atom stereocenters. The number of carbonyl (C=O) groups excluding carboxylic acids is 2. The lowest BCUT2D eigenvalue weighted by molar-refractivity contribution is -0.121. The maximum absolute atomic E-state index is 11.5. The summed E-state index contributed by atoms with van der Waals surface area (Å²) < 4.78 is 0. The Kier molecular flexibility index (Phi) is 3.68. The number of amides is 1. The third-order valence-electron chi connectivity index (χ3n) is 2.69. The molecular formula is C13H14N2O2. The number of hydrogen-bond acceptors (Lipinski definition) is 3. The third kappa shape index (κ3) is 3.85. The van der Waals surface area contributed by atoms with Crippen LogP contribution in [0.4, 0.5) is 5.69 Å². The van der Waals surface area contributed by atoms with Crippen LogP contribution in [0.25, 0.3) is 0 Å². The number of rotatable bonds is 5. The quantitative estimate of drug-likeness (QED) is 0.620. The van der Waals surface area contributed by atoms with Gasteiger partial charge in [0.1, 0.15) is 0 Å². The Labute approximate surface area is 99.7 Å². The first-order valence-electron chi connectivity index (χ1n) is 5.74. The van der Waals surface area contributed by atoms with E-state index in [1.54, 1.807) is 12.1 Å². The number of benzene rings is 1. The number of nitrogens with one attached hydrogen (secondary N) is 1. The monoisotopic (exact) mass is 230 g/mol. The van der Waals surface area contributed by atoms with Crippen LogP contribution in [0.1, 0.15) is 24.8 Å². The summed E-state index contributed by atoms with van der Waals surface area (Å²) in [6, 6.07) is 7.67. The predicted octanol–water partition coefficient (Wildman–Crippen LogP) is 1.87. The zero-order valence-electron chi connectivity index (χ0n) is 9.48. The van der Waals surface area contributed by atoms with Crippen LogP contribution < -0.4 is 5.32 Å². The fraction of sp³-hybridized carbons (Fsp3) is 0.385. The highest BCUT2D eigenvalue weighted by Gasteiger charge is 2.22. The molecule has 1 saturated carbocycles. The summed E-state index contributed by atoms with van der Waals surface area (Å²) >= 11 is 0. The number of isocyanates is 1. The van der Waals surface area contributed by atoms with Gasteiger partial charge in [-0.3, -0.25) is 4.79 Å². The molecule has 1 aromatic rings. The van der Waals surface area contributed by atoms with Crippen LogP contribution in [0.15, 0.2) is 29.3 Å². The Morgan fingerprint density at radius 1 is 1.35 bits per heavy atom. The van der Waals surface area contributed by atoms with Crippen LogP contribution in [0, 0.1) is 0 Å². The van der Waals surface area contributed by atoms with E-state index in [1.165, 1.54) is 6.08 Å². The van der Waals surface area contributed by atoms with Gasteiger partial charge in [-0.2, -0.15) is 4.99 Å². The molecule has 0 atom stereocenters. The molecule has 1 aliphatic rings. The van der Waals surface area contributed by atoms with Gasteiger partial charge in [-0.1, -0.05) is 12.1 Å². The summed E-state index contributed by atoms with van der Waals surface area (Å²) in [5.74, 6) is 0.113. The van der Waals surface area contributed by atoms with Gasteiger partial charge in [0.2, 0.25) is 12.0 Å². The second kappa shape index (κ2) is 5.41. The lowest BCUT2D eigenvalue weighted by Gasteiger charge is -2.03. The molecule has 4 nitrogen and oxygen atoms in total. The maximum Gasteiger partial charge on any atom is 0.240 e. The minimum atomic E-state index is 0.113. The Hall–Kier alpha value is -1.93. The van der Waals surface area contributed by atoms with Crippen molar-refractivity contribution in [2.24, 2.45) is 4.99 Å². The second-order valence-electron chi connectivity index (χ2n) is 4.21. The largest absolute Gasteiger partial charge is 0.353 e. The van der Waals surface area contributed by atoms with Crippen molar-refractivity contribution in [3.63, 3.8) is 0 Å². The van der Waals surface area contributed by atoms with Crippen LogP contribution in [0.2, 0.25) is 0 Å². The summed E-state index contributed by atoms with van der Waals surface area (Å²) in [7, 11) is 0. The molecular weight excluding hydrogens is 216 g/mol. The molecule has 4 heteroatoms. The third-order valence-corrected chi connectivity index (χ3v) is 2.69. The van der Waals surface area contributed by atoms with E-state index in [0.717, 1.165) is 18.4 Å². The van der Waals surface area contributed by atoms with E-state index in [0.29, 0.717) is 24.6 Å². The molecule has 2 rings (SSSR count). The van der Waals surface area contributed by atoms with E-state index < -0.39 is 0 Å². The van der Waals surface area contributed by atoms with Crippen LogP contribution in [-0.4, -0.2) is 18.0 Å². The lowest BCUT2D eigenvalue weighted by atomic mass is 10.1. The van der Waals surface area contributed by atoms with Gasteiger partial charge in [0, 0.05) is 12.5 Å². The fourth-order valence-corrected chi connectivity index (χ4v) is 1.58. The zero-order chi connectivity index (χ0) is 12.1. The summed E-state index contributed by atoms with van der Waals surface area (Å²) in [6.07, 6.45) is 4.94. The van der Waals surface area contributed by atoms with Gasteiger partial charge in [0.15, 0.2) is 0 Å². The Balaban J connectivity index is 1.81. The summed E-state index contributed by atoms with van der Waals surface area (Å²) in [6.45, 7) is 0. The summed E-state index contributed by atoms with van der Waals surface area (Å²) in [5.41, 5.74) is 1.66. The molecule has 0 spiro atoms. The average molecular weight is 230 g/mol. The minimum Gasteiger partial charge on any atom is -0.353 e. The Morgan fingerprint density at radius 2 is 2.06 bits per heavy atom. The molecule has 1 aromatic carbocycles. The minimum absolute atomic E-state index is 0.113. The molecule has 1 fully saturated rings. The summed E-state index contributed by atoms with van der Waals surface area (Å²) in [4.78, 5) is 25.0. The molecule has 0 heterocycles. The van der Waals surface area contributed by atoms with E-state index in [-0.39, 0.29) is 5.91 Å². The first-order valence-corrected chi connectivity index (χ1v) is 5.74. The van der Waals surface area contributed by atoms with Gasteiger partial charge < -0.3 is 5.32 Å². The van der Waals surface area contributed by atoms with Crippen molar-refractivity contribution in [3.05, 3.63) is 29.8 Å². The van der Waals surface area contributed by atoms with E-state index in [1.807, 2.05) is 12.1 Å². The fourth-order valence-electron chi connectivity index (χ4n) is 1.58. The first kappa shape index (κ1) is 11.6. The van der Waals surface area contributed by atoms with Crippen LogP contribution >= 0.6 is 0 Å². The molecule has 1 aliphatic carbocycles. The topological polar surface area (TPSA) is 58.5 Å². The number of hydrogen-bond donors (Lipinski definition) is 1. The SMILES string of the molecule is O=C=Nc1ccc(CCC(=O)NC2CC2)cc1. The average Bonchev–Trinajstić information content (AvgIpc) is 3.12. The number of aryl methyl sites for hydroxylation is 1. The molecule has 17 heavy (non-hydrogen) atoms. The van der Waals surface area contributed by atoms with Crippen LogP contribution in [0.5, 0.6) is 0 Å². The predicted molar refractivity (Wildman–Crippen MR) is 63.7 cm³/mol. The van der Waals surface area contributed by atoms with Crippen molar-refractivity contribution < 1.29 is 9.59 Å². The van der Waals surface area contributed by atoms with Crippen molar-refractivity contribution in [3.8, 4) is 0 Å². The number of carbonyl (C=O) groups is 1. The molecule has 0 radical (unpaired) electrons. The molecule has 0 saturated heterocycles. The highest BCUT2D eigenvalue weighted by atomic mass is 16.1. The van der Waals surface area contributed by atoms with E-state index in [4.69, 9.17) is 0 Å².